The first-order valence-electron chi connectivity index (χ1n) is 5.73. The van der Waals surface area contributed by atoms with Crippen molar-refractivity contribution in [1.82, 2.24) is 4.98 Å². The molecule has 0 aliphatic rings. The minimum absolute atomic E-state index is 0.620. The molecule has 0 aliphatic carbocycles. The quantitative estimate of drug-likeness (QED) is 0.683. The summed E-state index contributed by atoms with van der Waals surface area (Å²) in [5.41, 5.74) is 0. The van der Waals surface area contributed by atoms with Crippen LogP contribution in [0.2, 0.25) is 5.02 Å². The maximum absolute atomic E-state index is 5.90. The number of rotatable bonds is 8. The molecule has 0 bridgehead atoms. The molecule has 0 aromatic carbocycles. The van der Waals surface area contributed by atoms with Gasteiger partial charge in [-0.05, 0) is 28.4 Å². The fraction of sp³-hybridized carbons (Fsp3) is 0.583. The zero-order valence-electron chi connectivity index (χ0n) is 10.7. The van der Waals surface area contributed by atoms with Gasteiger partial charge in [-0.3, -0.25) is 0 Å². The van der Waals surface area contributed by atoms with Gasteiger partial charge in [0.15, 0.2) is 0 Å². The minimum atomic E-state index is 0.620. The molecule has 1 aromatic heterocycles. The fourth-order valence-corrected chi connectivity index (χ4v) is 2.45. The second-order valence-electron chi connectivity index (χ2n) is 3.79. The zero-order valence-corrected chi connectivity index (χ0v) is 13.0. The van der Waals surface area contributed by atoms with Crippen molar-refractivity contribution in [2.45, 2.75) is 6.42 Å². The first kappa shape index (κ1) is 15.7. The summed E-state index contributed by atoms with van der Waals surface area (Å²) in [5, 5.41) is 0.620. The van der Waals surface area contributed by atoms with E-state index in [1.807, 2.05) is 6.07 Å². The van der Waals surface area contributed by atoms with Gasteiger partial charge in [-0.2, -0.15) is 0 Å². The van der Waals surface area contributed by atoms with E-state index in [2.05, 4.69) is 25.8 Å². The van der Waals surface area contributed by atoms with Gasteiger partial charge in [0, 0.05) is 40.1 Å². The van der Waals surface area contributed by atoms with Crippen LogP contribution in [0.25, 0.3) is 0 Å². The lowest BCUT2D eigenvalue weighted by Gasteiger charge is -2.24. The SMILES string of the molecule is COCCCN(CCOC)c1ncc(Cl)cc1Br. The van der Waals surface area contributed by atoms with Gasteiger partial charge >= 0.3 is 0 Å². The number of ether oxygens (including phenoxy) is 2. The molecule has 0 saturated heterocycles. The number of anilines is 1. The predicted molar refractivity (Wildman–Crippen MR) is 77.5 cm³/mol. The van der Waals surface area contributed by atoms with E-state index in [0.717, 1.165) is 36.4 Å². The first-order valence-corrected chi connectivity index (χ1v) is 6.90. The van der Waals surface area contributed by atoms with Crippen LogP contribution in [0.4, 0.5) is 5.82 Å². The van der Waals surface area contributed by atoms with Crippen molar-refractivity contribution in [3.05, 3.63) is 21.8 Å². The molecule has 18 heavy (non-hydrogen) atoms. The maximum Gasteiger partial charge on any atom is 0.143 e. The third-order valence-electron chi connectivity index (χ3n) is 2.43. The molecule has 0 amide bonds. The average molecular weight is 338 g/mol. The van der Waals surface area contributed by atoms with Crippen LogP contribution < -0.4 is 4.90 Å². The Balaban J connectivity index is 2.73. The molecule has 0 fully saturated rings. The van der Waals surface area contributed by atoms with E-state index in [4.69, 9.17) is 21.1 Å². The molecule has 1 rings (SSSR count). The van der Waals surface area contributed by atoms with Crippen LogP contribution >= 0.6 is 27.5 Å². The standard InChI is InChI=1S/C12H18BrClN2O2/c1-17-6-3-4-16(5-7-18-2)12-11(13)8-10(14)9-15-12/h8-9H,3-7H2,1-2H3. The van der Waals surface area contributed by atoms with E-state index < -0.39 is 0 Å². The largest absolute Gasteiger partial charge is 0.385 e. The number of pyridine rings is 1. The van der Waals surface area contributed by atoms with Crippen LogP contribution in [-0.4, -0.2) is 45.5 Å². The molecule has 1 aromatic rings. The summed E-state index contributed by atoms with van der Waals surface area (Å²) in [7, 11) is 3.40. The Hall–Kier alpha value is -0.360. The van der Waals surface area contributed by atoms with Crippen molar-refractivity contribution in [3.63, 3.8) is 0 Å². The third kappa shape index (κ3) is 5.10. The lowest BCUT2D eigenvalue weighted by atomic mass is 10.3. The normalized spacial score (nSPS) is 10.7. The summed E-state index contributed by atoms with van der Waals surface area (Å²) in [6.07, 6.45) is 2.59. The van der Waals surface area contributed by atoms with Gasteiger partial charge in [0.1, 0.15) is 5.82 Å². The highest BCUT2D eigenvalue weighted by atomic mass is 79.9. The van der Waals surface area contributed by atoms with Crippen LogP contribution in [0.5, 0.6) is 0 Å². The second-order valence-corrected chi connectivity index (χ2v) is 5.08. The predicted octanol–water partition coefficient (Wildman–Crippen LogP) is 2.99. The summed E-state index contributed by atoms with van der Waals surface area (Å²) < 4.78 is 11.1. The Morgan fingerprint density at radius 3 is 2.61 bits per heavy atom. The number of aromatic nitrogens is 1. The molecular weight excluding hydrogens is 320 g/mol. The average Bonchev–Trinajstić information content (AvgIpc) is 2.34. The van der Waals surface area contributed by atoms with E-state index in [0.29, 0.717) is 11.6 Å². The number of nitrogens with zero attached hydrogens (tertiary/aromatic N) is 2. The molecule has 0 radical (unpaired) electrons. The summed E-state index contributed by atoms with van der Waals surface area (Å²) >= 11 is 9.39. The first-order chi connectivity index (χ1) is 8.69. The van der Waals surface area contributed by atoms with E-state index >= 15 is 0 Å². The number of methoxy groups -OCH3 is 2. The monoisotopic (exact) mass is 336 g/mol. The van der Waals surface area contributed by atoms with E-state index in [1.54, 1.807) is 20.4 Å². The number of hydrogen-bond donors (Lipinski definition) is 0. The summed E-state index contributed by atoms with van der Waals surface area (Å²) in [5.74, 6) is 0.882. The Morgan fingerprint density at radius 1 is 1.28 bits per heavy atom. The Labute approximate surface area is 121 Å². The fourth-order valence-electron chi connectivity index (χ4n) is 1.56. The smallest absolute Gasteiger partial charge is 0.143 e. The van der Waals surface area contributed by atoms with Crippen molar-refractivity contribution >= 4 is 33.3 Å². The van der Waals surface area contributed by atoms with Crippen molar-refractivity contribution in [2.24, 2.45) is 0 Å². The van der Waals surface area contributed by atoms with Crippen LogP contribution in [-0.2, 0) is 9.47 Å². The van der Waals surface area contributed by atoms with E-state index in [-0.39, 0.29) is 0 Å². The molecule has 102 valence electrons. The van der Waals surface area contributed by atoms with E-state index in [1.165, 1.54) is 0 Å². The van der Waals surface area contributed by atoms with Crippen molar-refractivity contribution in [1.29, 1.82) is 0 Å². The van der Waals surface area contributed by atoms with Gasteiger partial charge in [-0.15, -0.1) is 0 Å². The zero-order chi connectivity index (χ0) is 13.4. The van der Waals surface area contributed by atoms with Crippen LogP contribution in [0, 0.1) is 0 Å². The Kier molecular flexibility index (Phi) is 7.58. The molecule has 1 heterocycles. The summed E-state index contributed by atoms with van der Waals surface area (Å²) in [6.45, 7) is 3.04. The highest BCUT2D eigenvalue weighted by Crippen LogP contribution is 2.26. The van der Waals surface area contributed by atoms with Gasteiger partial charge in [0.2, 0.25) is 0 Å². The van der Waals surface area contributed by atoms with Crippen LogP contribution in [0.15, 0.2) is 16.7 Å². The van der Waals surface area contributed by atoms with Gasteiger partial charge in [0.05, 0.1) is 16.1 Å². The molecule has 0 aliphatic heterocycles. The highest BCUT2D eigenvalue weighted by Gasteiger charge is 2.11. The van der Waals surface area contributed by atoms with Crippen molar-refractivity contribution in [3.8, 4) is 0 Å². The van der Waals surface area contributed by atoms with E-state index in [9.17, 15) is 0 Å². The third-order valence-corrected chi connectivity index (χ3v) is 3.22. The molecule has 0 spiro atoms. The molecule has 0 saturated carbocycles. The topological polar surface area (TPSA) is 34.6 Å². The highest BCUT2D eigenvalue weighted by molar-refractivity contribution is 9.10. The Morgan fingerprint density at radius 2 is 2.00 bits per heavy atom. The molecule has 6 heteroatoms. The van der Waals surface area contributed by atoms with Gasteiger partial charge in [0.25, 0.3) is 0 Å². The van der Waals surface area contributed by atoms with Gasteiger partial charge < -0.3 is 14.4 Å². The van der Waals surface area contributed by atoms with Gasteiger partial charge in [-0.1, -0.05) is 11.6 Å². The minimum Gasteiger partial charge on any atom is -0.385 e. The lowest BCUT2D eigenvalue weighted by Crippen LogP contribution is -2.30. The van der Waals surface area contributed by atoms with Crippen LogP contribution in [0.3, 0.4) is 0 Å². The summed E-state index contributed by atoms with van der Waals surface area (Å²) in [6, 6.07) is 1.85. The molecule has 0 N–H and O–H groups in total. The summed E-state index contributed by atoms with van der Waals surface area (Å²) in [4.78, 5) is 6.52. The lowest BCUT2D eigenvalue weighted by molar-refractivity contribution is 0.191. The molecule has 0 atom stereocenters. The number of halogens is 2. The molecule has 0 unspecified atom stereocenters. The van der Waals surface area contributed by atoms with Gasteiger partial charge in [-0.25, -0.2) is 4.98 Å². The number of hydrogen-bond acceptors (Lipinski definition) is 4. The second kappa shape index (κ2) is 8.69. The van der Waals surface area contributed by atoms with Crippen molar-refractivity contribution < 1.29 is 9.47 Å². The maximum atomic E-state index is 5.90. The van der Waals surface area contributed by atoms with Crippen molar-refractivity contribution in [2.75, 3.05) is 45.4 Å². The molecule has 4 nitrogen and oxygen atoms in total. The Bertz CT molecular complexity index is 366. The van der Waals surface area contributed by atoms with Crippen LogP contribution in [0.1, 0.15) is 6.42 Å². The molecular formula is C12H18BrClN2O2.